The molecule has 1 aliphatic rings. The lowest BCUT2D eigenvalue weighted by molar-refractivity contribution is 0.0716. The number of amides is 1. The number of carbonyl (C=O) groups is 1. The van der Waals surface area contributed by atoms with E-state index in [4.69, 9.17) is 0 Å². The summed E-state index contributed by atoms with van der Waals surface area (Å²) < 4.78 is 16.1. The Morgan fingerprint density at radius 2 is 1.85 bits per heavy atom. The van der Waals surface area contributed by atoms with Crippen LogP contribution in [-0.4, -0.2) is 46.0 Å². The summed E-state index contributed by atoms with van der Waals surface area (Å²) in [6.07, 6.45) is 2.85. The fourth-order valence-corrected chi connectivity index (χ4v) is 4.47. The number of halogens is 1. The van der Waals surface area contributed by atoms with E-state index in [-0.39, 0.29) is 24.1 Å². The van der Waals surface area contributed by atoms with Crippen LogP contribution in [0.4, 0.5) is 10.1 Å². The number of H-pyrrole nitrogens is 1. The van der Waals surface area contributed by atoms with Crippen LogP contribution >= 0.6 is 0 Å². The molecule has 8 heteroatoms. The number of hydrogen-bond acceptors (Lipinski definition) is 4. The molecule has 1 atom stereocenters. The quantitative estimate of drug-likeness (QED) is 0.608. The normalized spacial score (nSPS) is 16.0. The van der Waals surface area contributed by atoms with Crippen LogP contribution in [0.1, 0.15) is 41.8 Å². The molecule has 7 nitrogen and oxygen atoms in total. The van der Waals surface area contributed by atoms with Gasteiger partial charge < -0.3 is 9.80 Å². The number of aromatic nitrogens is 2. The highest BCUT2D eigenvalue weighted by Gasteiger charge is 2.30. The van der Waals surface area contributed by atoms with Gasteiger partial charge in [0.1, 0.15) is 5.82 Å². The van der Waals surface area contributed by atoms with Crippen LogP contribution in [0.3, 0.4) is 0 Å². The third-order valence-electron chi connectivity index (χ3n) is 6.41. The third-order valence-corrected chi connectivity index (χ3v) is 6.41. The van der Waals surface area contributed by atoms with E-state index in [1.54, 1.807) is 11.0 Å². The number of carbonyl (C=O) groups excluding carboxylic acids is 1. The number of benzene rings is 2. The first-order valence-corrected chi connectivity index (χ1v) is 11.6. The van der Waals surface area contributed by atoms with Crippen LogP contribution in [0.15, 0.2) is 64.3 Å². The van der Waals surface area contributed by atoms with Crippen molar-refractivity contribution in [2.45, 2.75) is 39.3 Å². The van der Waals surface area contributed by atoms with Crippen molar-refractivity contribution < 1.29 is 9.18 Å². The van der Waals surface area contributed by atoms with E-state index in [2.05, 4.69) is 28.9 Å². The zero-order valence-electron chi connectivity index (χ0n) is 19.5. The second kappa shape index (κ2) is 10.1. The lowest BCUT2D eigenvalue weighted by Gasteiger charge is -2.42. The average Bonchev–Trinajstić information content (AvgIpc) is 2.86. The first-order chi connectivity index (χ1) is 16.4. The van der Waals surface area contributed by atoms with Gasteiger partial charge in [0.25, 0.3) is 11.5 Å². The van der Waals surface area contributed by atoms with Gasteiger partial charge >= 0.3 is 5.69 Å². The Labute approximate surface area is 197 Å². The fraction of sp³-hybridized carbons (Fsp3) is 0.346. The number of piperazine rings is 1. The highest BCUT2D eigenvalue weighted by atomic mass is 19.1. The minimum Gasteiger partial charge on any atom is -0.365 e. The van der Waals surface area contributed by atoms with Crippen LogP contribution in [0.2, 0.25) is 0 Å². The summed E-state index contributed by atoms with van der Waals surface area (Å²) in [5, 5.41) is 0. The van der Waals surface area contributed by atoms with Crippen molar-refractivity contribution in [1.29, 1.82) is 0 Å². The first kappa shape index (κ1) is 23.5. The molecule has 2 aromatic carbocycles. The Morgan fingerprint density at radius 3 is 2.56 bits per heavy atom. The lowest BCUT2D eigenvalue weighted by atomic mass is 10.0. The molecule has 1 fully saturated rings. The Balaban J connectivity index is 1.55. The molecule has 0 bridgehead atoms. The molecule has 178 valence electrons. The number of rotatable bonds is 6. The topological polar surface area (TPSA) is 78.4 Å². The highest BCUT2D eigenvalue weighted by molar-refractivity contribution is 5.95. The molecule has 0 unspecified atom stereocenters. The van der Waals surface area contributed by atoms with E-state index in [0.29, 0.717) is 37.2 Å². The van der Waals surface area contributed by atoms with Gasteiger partial charge in [-0.3, -0.25) is 19.1 Å². The fourth-order valence-electron chi connectivity index (χ4n) is 4.47. The molecule has 1 N–H and O–H groups in total. The van der Waals surface area contributed by atoms with Crippen molar-refractivity contribution >= 4 is 11.6 Å². The predicted molar refractivity (Wildman–Crippen MR) is 130 cm³/mol. The Morgan fingerprint density at radius 1 is 1.09 bits per heavy atom. The number of nitrogens with one attached hydrogen (secondary N) is 1. The number of aromatic amines is 1. The van der Waals surface area contributed by atoms with Gasteiger partial charge in [0.05, 0.1) is 12.1 Å². The zero-order valence-corrected chi connectivity index (χ0v) is 19.5. The molecule has 1 aliphatic heterocycles. The molecule has 0 aliphatic carbocycles. The van der Waals surface area contributed by atoms with Crippen molar-refractivity contribution in [3.63, 3.8) is 0 Å². The van der Waals surface area contributed by atoms with Gasteiger partial charge in [0, 0.05) is 43.1 Å². The Hall–Kier alpha value is -3.68. The van der Waals surface area contributed by atoms with E-state index in [1.165, 1.54) is 22.9 Å². The summed E-state index contributed by atoms with van der Waals surface area (Å²) in [4.78, 5) is 43.6. The van der Waals surface area contributed by atoms with Crippen molar-refractivity contribution in [2.24, 2.45) is 0 Å². The van der Waals surface area contributed by atoms with Crippen LogP contribution in [0.5, 0.6) is 0 Å². The summed E-state index contributed by atoms with van der Waals surface area (Å²) in [5.41, 5.74) is 1.26. The summed E-state index contributed by atoms with van der Waals surface area (Å²) >= 11 is 0. The smallest absolute Gasteiger partial charge is 0.328 e. The van der Waals surface area contributed by atoms with Crippen molar-refractivity contribution in [2.75, 3.05) is 24.5 Å². The van der Waals surface area contributed by atoms with Crippen molar-refractivity contribution in [1.82, 2.24) is 14.5 Å². The van der Waals surface area contributed by atoms with E-state index in [1.807, 2.05) is 25.1 Å². The van der Waals surface area contributed by atoms with E-state index >= 15 is 0 Å². The zero-order chi connectivity index (χ0) is 24.2. The number of hydrogen-bond donors (Lipinski definition) is 1. The molecule has 1 aromatic heterocycles. The van der Waals surface area contributed by atoms with Crippen LogP contribution in [0.25, 0.3) is 0 Å². The number of para-hydroxylation sites is 1. The minimum atomic E-state index is -0.588. The molecule has 3 aromatic rings. The van der Waals surface area contributed by atoms with Crippen molar-refractivity contribution in [3.05, 3.63) is 98.1 Å². The molecular weight excluding hydrogens is 435 g/mol. The van der Waals surface area contributed by atoms with Gasteiger partial charge in [-0.2, -0.15) is 0 Å². The molecule has 0 saturated carbocycles. The summed E-state index contributed by atoms with van der Waals surface area (Å²) in [6.45, 7) is 5.71. The maximum absolute atomic E-state index is 14.7. The summed E-state index contributed by atoms with van der Waals surface area (Å²) in [7, 11) is 0. The number of nitrogens with zero attached hydrogens (tertiary/aromatic N) is 3. The monoisotopic (exact) mass is 464 g/mol. The largest absolute Gasteiger partial charge is 0.365 e. The Bertz CT molecular complexity index is 1290. The van der Waals surface area contributed by atoms with Gasteiger partial charge in [0.15, 0.2) is 0 Å². The van der Waals surface area contributed by atoms with Crippen molar-refractivity contribution in [3.8, 4) is 0 Å². The maximum atomic E-state index is 14.7. The molecule has 34 heavy (non-hydrogen) atoms. The molecule has 1 amide bonds. The molecular formula is C26H29FN4O3. The third kappa shape index (κ3) is 4.81. The molecule has 0 radical (unpaired) electrons. The first-order valence-electron chi connectivity index (χ1n) is 11.6. The van der Waals surface area contributed by atoms with Crippen LogP contribution in [0, 0.1) is 5.82 Å². The van der Waals surface area contributed by atoms with Crippen LogP contribution < -0.4 is 16.1 Å². The predicted octanol–water partition coefficient (Wildman–Crippen LogP) is 3.03. The van der Waals surface area contributed by atoms with E-state index in [9.17, 15) is 18.8 Å². The van der Waals surface area contributed by atoms with Gasteiger partial charge in [-0.1, -0.05) is 38.1 Å². The second-order valence-corrected chi connectivity index (χ2v) is 8.55. The number of anilines is 1. The SMILES string of the molecule is CCc1cn(Cc2ccc(F)c(C(=O)N3CCN(c4ccccc4)[C@H](CC)C3)c2)c(=O)[nH]c1=O. The van der Waals surface area contributed by atoms with Gasteiger partial charge in [-0.05, 0) is 42.7 Å². The van der Waals surface area contributed by atoms with E-state index in [0.717, 1.165) is 12.1 Å². The summed E-state index contributed by atoms with van der Waals surface area (Å²) in [5.74, 6) is -0.941. The average molecular weight is 465 g/mol. The maximum Gasteiger partial charge on any atom is 0.328 e. The molecule has 1 saturated heterocycles. The van der Waals surface area contributed by atoms with Gasteiger partial charge in [-0.25, -0.2) is 9.18 Å². The molecule has 0 spiro atoms. The highest BCUT2D eigenvalue weighted by Crippen LogP contribution is 2.24. The molecule has 2 heterocycles. The van der Waals surface area contributed by atoms with Gasteiger partial charge in [0.2, 0.25) is 0 Å². The van der Waals surface area contributed by atoms with E-state index < -0.39 is 17.1 Å². The minimum absolute atomic E-state index is 0.00583. The second-order valence-electron chi connectivity index (χ2n) is 8.55. The van der Waals surface area contributed by atoms with Gasteiger partial charge in [-0.15, -0.1) is 0 Å². The lowest BCUT2D eigenvalue weighted by Crippen LogP contribution is -2.54. The Kier molecular flexibility index (Phi) is 6.95. The summed E-state index contributed by atoms with van der Waals surface area (Å²) in [6, 6.07) is 14.6. The standard InChI is InChI=1S/C26H29FN4O3/c1-3-19-16-30(26(34)28-24(19)32)15-18-10-11-23(27)22(14-18)25(33)29-12-13-31(20(4-2)17-29)21-8-6-5-7-9-21/h5-11,14,16,20H,3-4,12-13,15,17H2,1-2H3,(H,28,32,34)/t20-/m1/s1. The van der Waals surface area contributed by atoms with Crippen LogP contribution in [-0.2, 0) is 13.0 Å². The number of aryl methyl sites for hydroxylation is 1. The molecule has 4 rings (SSSR count).